The minimum absolute atomic E-state index is 0.474. The van der Waals surface area contributed by atoms with Crippen LogP contribution in [-0.4, -0.2) is 23.1 Å². The minimum Gasteiger partial charge on any atom is -0.478 e. The van der Waals surface area contributed by atoms with E-state index in [2.05, 4.69) is 24.1 Å². The van der Waals surface area contributed by atoms with Crippen molar-refractivity contribution in [2.75, 3.05) is 6.54 Å². The number of thiocarbonyl (C=S) groups is 1. The monoisotopic (exact) mass is 227 g/mol. The van der Waals surface area contributed by atoms with E-state index in [4.69, 9.17) is 5.11 Å². The molecule has 0 fully saturated rings. The summed E-state index contributed by atoms with van der Waals surface area (Å²) in [6.07, 6.45) is 3.59. The molecular formula is C11H17NO2S. The molecule has 0 saturated heterocycles. The van der Waals surface area contributed by atoms with Gasteiger partial charge in [-0.05, 0) is 19.3 Å². The highest BCUT2D eigenvalue weighted by atomic mass is 32.1. The van der Waals surface area contributed by atoms with Gasteiger partial charge in [0, 0.05) is 12.1 Å². The fourth-order valence-electron chi connectivity index (χ4n) is 1.35. The van der Waals surface area contributed by atoms with E-state index < -0.39 is 5.97 Å². The Bertz CT molecular complexity index is 272. The van der Waals surface area contributed by atoms with Crippen LogP contribution in [0.3, 0.4) is 0 Å². The first kappa shape index (κ1) is 13.8. The normalized spacial score (nSPS) is 11.5. The van der Waals surface area contributed by atoms with Gasteiger partial charge in [-0.1, -0.05) is 30.8 Å². The molecule has 4 heteroatoms. The van der Waals surface area contributed by atoms with Crippen molar-refractivity contribution in [2.45, 2.75) is 26.2 Å². The fraction of sp³-hybridized carbons (Fsp3) is 0.455. The van der Waals surface area contributed by atoms with Gasteiger partial charge in [-0.25, -0.2) is 4.79 Å². The van der Waals surface area contributed by atoms with Crippen LogP contribution in [0.25, 0.3) is 0 Å². The van der Waals surface area contributed by atoms with Crippen molar-refractivity contribution >= 4 is 23.7 Å². The first-order valence-corrected chi connectivity index (χ1v) is 5.36. The molecule has 3 nitrogen and oxygen atoms in total. The lowest BCUT2D eigenvalue weighted by Crippen LogP contribution is -2.15. The van der Waals surface area contributed by atoms with Crippen LogP contribution in [0.2, 0.25) is 0 Å². The molecule has 0 aliphatic rings. The fourth-order valence-corrected chi connectivity index (χ4v) is 1.46. The Balaban J connectivity index is 4.64. The van der Waals surface area contributed by atoms with Gasteiger partial charge in [0.2, 0.25) is 0 Å². The molecular weight excluding hydrogens is 210 g/mol. The second kappa shape index (κ2) is 8.17. The average Bonchev–Trinajstić information content (AvgIpc) is 2.21. The molecule has 0 radical (unpaired) electrons. The molecule has 0 aromatic heterocycles. The molecule has 0 aromatic rings. The smallest absolute Gasteiger partial charge is 0.331 e. The maximum Gasteiger partial charge on any atom is 0.331 e. The van der Waals surface area contributed by atoms with Crippen molar-refractivity contribution in [3.8, 4) is 0 Å². The quantitative estimate of drug-likeness (QED) is 0.289. The van der Waals surface area contributed by atoms with Gasteiger partial charge in [0.05, 0.1) is 5.49 Å². The van der Waals surface area contributed by atoms with Gasteiger partial charge in [0.25, 0.3) is 0 Å². The molecule has 0 atom stereocenters. The molecule has 0 aliphatic carbocycles. The summed E-state index contributed by atoms with van der Waals surface area (Å²) in [7, 11) is 0. The standard InChI is InChI=1S/C11H17NO2S/c1-3-5-9(4-2)10(11(13)14)6-7-12-8-15/h3,8H,1,4-7H2,2H3,(H,12,15)(H,13,14). The summed E-state index contributed by atoms with van der Waals surface area (Å²) in [6, 6.07) is 0. The largest absolute Gasteiger partial charge is 0.478 e. The molecule has 0 unspecified atom stereocenters. The van der Waals surface area contributed by atoms with Crippen molar-refractivity contribution in [2.24, 2.45) is 0 Å². The Morgan fingerprint density at radius 3 is 2.67 bits per heavy atom. The number of allylic oxidation sites excluding steroid dienone is 2. The Morgan fingerprint density at radius 1 is 1.60 bits per heavy atom. The Morgan fingerprint density at radius 2 is 2.27 bits per heavy atom. The molecule has 0 aliphatic heterocycles. The predicted molar refractivity (Wildman–Crippen MR) is 66.0 cm³/mol. The average molecular weight is 227 g/mol. The number of hydrogen-bond donors (Lipinski definition) is 2. The molecule has 2 N–H and O–H groups in total. The number of hydrogen-bond acceptors (Lipinski definition) is 2. The van der Waals surface area contributed by atoms with Crippen LogP contribution in [0.1, 0.15) is 26.2 Å². The molecule has 0 amide bonds. The van der Waals surface area contributed by atoms with Gasteiger partial charge >= 0.3 is 5.97 Å². The van der Waals surface area contributed by atoms with Crippen LogP contribution >= 0.6 is 12.2 Å². The second-order valence-electron chi connectivity index (χ2n) is 3.06. The van der Waals surface area contributed by atoms with Crippen LogP contribution in [0.4, 0.5) is 0 Å². The highest BCUT2D eigenvalue weighted by Gasteiger charge is 2.11. The number of aliphatic carboxylic acids is 1. The third-order valence-electron chi connectivity index (χ3n) is 2.11. The Hall–Kier alpha value is -1.16. The molecule has 0 aromatic carbocycles. The summed E-state index contributed by atoms with van der Waals surface area (Å²) in [5.74, 6) is -0.847. The van der Waals surface area contributed by atoms with Crippen molar-refractivity contribution in [1.29, 1.82) is 0 Å². The summed E-state index contributed by atoms with van der Waals surface area (Å²) in [6.45, 7) is 6.14. The van der Waals surface area contributed by atoms with E-state index in [-0.39, 0.29) is 0 Å². The zero-order valence-corrected chi connectivity index (χ0v) is 9.77. The van der Waals surface area contributed by atoms with E-state index in [1.807, 2.05) is 6.92 Å². The number of carboxylic acids is 1. The summed E-state index contributed by atoms with van der Waals surface area (Å²) in [4.78, 5) is 11.0. The minimum atomic E-state index is -0.847. The van der Waals surface area contributed by atoms with Gasteiger partial charge in [0.15, 0.2) is 0 Å². The first-order chi connectivity index (χ1) is 7.17. The van der Waals surface area contributed by atoms with E-state index in [9.17, 15) is 4.79 Å². The summed E-state index contributed by atoms with van der Waals surface area (Å²) < 4.78 is 0. The van der Waals surface area contributed by atoms with Crippen molar-refractivity contribution in [3.63, 3.8) is 0 Å². The third-order valence-corrected chi connectivity index (χ3v) is 2.27. The van der Waals surface area contributed by atoms with E-state index in [1.54, 1.807) is 6.08 Å². The molecule has 0 rings (SSSR count). The first-order valence-electron chi connectivity index (χ1n) is 4.89. The molecule has 0 bridgehead atoms. The second-order valence-corrected chi connectivity index (χ2v) is 3.29. The van der Waals surface area contributed by atoms with Crippen LogP contribution in [0, 0.1) is 0 Å². The summed E-state index contributed by atoms with van der Waals surface area (Å²) in [5, 5.41) is 11.9. The van der Waals surface area contributed by atoms with Gasteiger partial charge in [0.1, 0.15) is 0 Å². The lowest BCUT2D eigenvalue weighted by atomic mass is 10.00. The van der Waals surface area contributed by atoms with Gasteiger partial charge in [-0.3, -0.25) is 0 Å². The highest BCUT2D eigenvalue weighted by Crippen LogP contribution is 2.16. The van der Waals surface area contributed by atoms with Gasteiger partial charge in [-0.2, -0.15) is 0 Å². The molecule has 15 heavy (non-hydrogen) atoms. The molecule has 0 heterocycles. The lowest BCUT2D eigenvalue weighted by molar-refractivity contribution is -0.132. The van der Waals surface area contributed by atoms with Crippen molar-refractivity contribution in [3.05, 3.63) is 23.8 Å². The predicted octanol–water partition coefficient (Wildman–Crippen LogP) is 2.29. The lowest BCUT2D eigenvalue weighted by Gasteiger charge is -2.09. The number of carboxylic acid groups (broad SMARTS) is 1. The topological polar surface area (TPSA) is 49.3 Å². The molecule has 0 spiro atoms. The van der Waals surface area contributed by atoms with Crippen molar-refractivity contribution in [1.82, 2.24) is 5.32 Å². The third kappa shape index (κ3) is 5.32. The van der Waals surface area contributed by atoms with Gasteiger partial charge < -0.3 is 10.4 Å². The Labute approximate surface area is 95.9 Å². The van der Waals surface area contributed by atoms with E-state index in [0.717, 1.165) is 12.0 Å². The van der Waals surface area contributed by atoms with Crippen LogP contribution < -0.4 is 5.32 Å². The maximum atomic E-state index is 11.0. The maximum absolute atomic E-state index is 11.0. The molecule has 84 valence electrons. The zero-order valence-electron chi connectivity index (χ0n) is 8.95. The van der Waals surface area contributed by atoms with E-state index >= 15 is 0 Å². The van der Waals surface area contributed by atoms with E-state index in [0.29, 0.717) is 25.0 Å². The van der Waals surface area contributed by atoms with E-state index in [1.165, 1.54) is 5.49 Å². The Kier molecular flexibility index (Phi) is 7.54. The van der Waals surface area contributed by atoms with Crippen LogP contribution in [0.15, 0.2) is 23.8 Å². The zero-order chi connectivity index (χ0) is 11.7. The van der Waals surface area contributed by atoms with Gasteiger partial charge in [-0.15, -0.1) is 6.58 Å². The molecule has 0 saturated carbocycles. The van der Waals surface area contributed by atoms with Crippen LogP contribution in [-0.2, 0) is 4.79 Å². The number of rotatable bonds is 8. The summed E-state index contributed by atoms with van der Waals surface area (Å²) in [5.41, 5.74) is 2.81. The highest BCUT2D eigenvalue weighted by molar-refractivity contribution is 7.78. The number of carbonyl (C=O) groups is 1. The number of nitrogens with one attached hydrogen (secondary N) is 1. The SMILES string of the molecule is C=CCC(CC)=C(CCNC=S)C(=O)O. The van der Waals surface area contributed by atoms with Crippen molar-refractivity contribution < 1.29 is 9.90 Å². The van der Waals surface area contributed by atoms with Crippen LogP contribution in [0.5, 0.6) is 0 Å². The summed E-state index contributed by atoms with van der Waals surface area (Å²) >= 11 is 4.60.